The lowest BCUT2D eigenvalue weighted by atomic mass is 10.0. The fourth-order valence-corrected chi connectivity index (χ4v) is 2.88. The number of allylic oxidation sites excluding steroid dienone is 8. The first-order chi connectivity index (χ1) is 12.4. The average Bonchev–Trinajstić information content (AvgIpc) is 2.59. The molecule has 0 heterocycles. The maximum atomic E-state index is 11.4. The van der Waals surface area contributed by atoms with Gasteiger partial charge in [0.1, 0.15) is 5.78 Å². The third-order valence-electron chi connectivity index (χ3n) is 4.79. The molecule has 0 aromatic heterocycles. The molecule has 148 valence electrons. The molecule has 0 radical (unpaired) electrons. The summed E-state index contributed by atoms with van der Waals surface area (Å²) in [4.78, 5) is 11.4. The molecule has 1 nitrogen and oxygen atoms in total. The number of hydrogen-bond acceptors (Lipinski definition) is 1. The van der Waals surface area contributed by atoms with Crippen LogP contribution in [0.15, 0.2) is 46.6 Å². The van der Waals surface area contributed by atoms with Crippen molar-refractivity contribution in [1.82, 2.24) is 0 Å². The van der Waals surface area contributed by atoms with E-state index in [1.54, 1.807) is 0 Å². The van der Waals surface area contributed by atoms with Crippen LogP contribution < -0.4 is 0 Å². The number of carbonyl (C=O) groups excluding carboxylic acids is 1. The SMILES string of the molecule is CCC(=O)CCC=C(CC)CCC=C(C)CCC=C(C)CCC=C(C)C. The molecular weight excluding hydrogens is 316 g/mol. The van der Waals surface area contributed by atoms with Gasteiger partial charge in [0.2, 0.25) is 0 Å². The molecule has 0 aromatic rings. The van der Waals surface area contributed by atoms with E-state index in [9.17, 15) is 4.79 Å². The van der Waals surface area contributed by atoms with Gasteiger partial charge in [-0.25, -0.2) is 0 Å². The topological polar surface area (TPSA) is 17.1 Å². The quantitative estimate of drug-likeness (QED) is 0.285. The number of Topliss-reactive ketones (excluding diaryl/α,β-unsaturated/α-hetero) is 1. The van der Waals surface area contributed by atoms with Gasteiger partial charge in [0.15, 0.2) is 0 Å². The van der Waals surface area contributed by atoms with Gasteiger partial charge in [0.25, 0.3) is 0 Å². The Labute approximate surface area is 163 Å². The fraction of sp³-hybridized carbons (Fsp3) is 0.640. The van der Waals surface area contributed by atoms with Gasteiger partial charge in [0, 0.05) is 12.8 Å². The molecule has 0 N–H and O–H groups in total. The maximum Gasteiger partial charge on any atom is 0.132 e. The Morgan fingerprint density at radius 1 is 0.615 bits per heavy atom. The van der Waals surface area contributed by atoms with Gasteiger partial charge in [0.05, 0.1) is 0 Å². The highest BCUT2D eigenvalue weighted by atomic mass is 16.1. The second kappa shape index (κ2) is 15.9. The van der Waals surface area contributed by atoms with Crippen molar-refractivity contribution in [2.75, 3.05) is 0 Å². The minimum atomic E-state index is 0.372. The van der Waals surface area contributed by atoms with E-state index in [0.717, 1.165) is 44.9 Å². The first-order valence-corrected chi connectivity index (χ1v) is 10.5. The normalized spacial score (nSPS) is 13.1. The molecule has 0 spiro atoms. The van der Waals surface area contributed by atoms with Crippen molar-refractivity contribution in [3.8, 4) is 0 Å². The fourth-order valence-electron chi connectivity index (χ4n) is 2.88. The molecule has 0 bridgehead atoms. The second-order valence-corrected chi connectivity index (χ2v) is 7.65. The van der Waals surface area contributed by atoms with Crippen molar-refractivity contribution >= 4 is 5.78 Å². The van der Waals surface area contributed by atoms with E-state index in [4.69, 9.17) is 0 Å². The molecule has 0 atom stereocenters. The standard InChI is InChI=1S/C25H42O/c1-7-24(19-12-20-25(26)8-2)18-11-17-23(6)16-10-15-22(5)14-9-13-21(3)4/h13,15,17,19H,7-12,14,16,18,20H2,1-6H3. The van der Waals surface area contributed by atoms with E-state index in [2.05, 4.69) is 58.9 Å². The summed E-state index contributed by atoms with van der Waals surface area (Å²) in [7, 11) is 0. The number of rotatable bonds is 14. The minimum Gasteiger partial charge on any atom is -0.300 e. The zero-order chi connectivity index (χ0) is 19.8. The molecule has 0 aromatic carbocycles. The van der Waals surface area contributed by atoms with Crippen LogP contribution in [-0.2, 0) is 4.79 Å². The van der Waals surface area contributed by atoms with Crippen molar-refractivity contribution in [3.63, 3.8) is 0 Å². The highest BCUT2D eigenvalue weighted by Gasteiger charge is 1.98. The largest absolute Gasteiger partial charge is 0.300 e. The molecule has 0 saturated carbocycles. The smallest absolute Gasteiger partial charge is 0.132 e. The lowest BCUT2D eigenvalue weighted by Gasteiger charge is -2.04. The monoisotopic (exact) mass is 358 g/mol. The highest BCUT2D eigenvalue weighted by Crippen LogP contribution is 2.16. The summed E-state index contributed by atoms with van der Waals surface area (Å²) in [5.41, 5.74) is 5.91. The Bertz CT molecular complexity index is 510. The van der Waals surface area contributed by atoms with Gasteiger partial charge in [-0.1, -0.05) is 60.4 Å². The van der Waals surface area contributed by atoms with Crippen LogP contribution in [0.3, 0.4) is 0 Å². The highest BCUT2D eigenvalue weighted by molar-refractivity contribution is 5.78. The summed E-state index contributed by atoms with van der Waals surface area (Å²) in [6.07, 6.45) is 19.7. The first-order valence-electron chi connectivity index (χ1n) is 10.5. The second-order valence-electron chi connectivity index (χ2n) is 7.65. The molecule has 1 heteroatoms. The van der Waals surface area contributed by atoms with Crippen molar-refractivity contribution < 1.29 is 4.79 Å². The van der Waals surface area contributed by atoms with Gasteiger partial charge in [-0.15, -0.1) is 0 Å². The van der Waals surface area contributed by atoms with Crippen LogP contribution >= 0.6 is 0 Å². The number of ketones is 1. The zero-order valence-corrected chi connectivity index (χ0v) is 18.3. The van der Waals surface area contributed by atoms with Crippen LogP contribution in [0, 0.1) is 0 Å². The van der Waals surface area contributed by atoms with E-state index in [1.807, 2.05) is 6.92 Å². The van der Waals surface area contributed by atoms with Crippen molar-refractivity contribution in [2.24, 2.45) is 0 Å². The van der Waals surface area contributed by atoms with Crippen molar-refractivity contribution in [2.45, 2.75) is 106 Å². The van der Waals surface area contributed by atoms with Gasteiger partial charge in [-0.2, -0.15) is 0 Å². The van der Waals surface area contributed by atoms with E-state index in [0.29, 0.717) is 18.6 Å². The van der Waals surface area contributed by atoms with Gasteiger partial charge >= 0.3 is 0 Å². The lowest BCUT2D eigenvalue weighted by Crippen LogP contribution is -1.93. The Kier molecular flexibility index (Phi) is 15.0. The average molecular weight is 359 g/mol. The Hall–Kier alpha value is -1.37. The van der Waals surface area contributed by atoms with Crippen LogP contribution in [0.2, 0.25) is 0 Å². The molecule has 0 saturated heterocycles. The number of hydrogen-bond donors (Lipinski definition) is 0. The summed E-state index contributed by atoms with van der Waals surface area (Å²) in [5, 5.41) is 0. The van der Waals surface area contributed by atoms with E-state index >= 15 is 0 Å². The van der Waals surface area contributed by atoms with Crippen LogP contribution in [0.1, 0.15) is 106 Å². The summed E-state index contributed by atoms with van der Waals surface area (Å²) in [5.74, 6) is 0.372. The molecule has 0 fully saturated rings. The van der Waals surface area contributed by atoms with Gasteiger partial charge < -0.3 is 0 Å². The van der Waals surface area contributed by atoms with Crippen LogP contribution in [-0.4, -0.2) is 5.78 Å². The van der Waals surface area contributed by atoms with Crippen LogP contribution in [0.5, 0.6) is 0 Å². The molecule has 0 aliphatic carbocycles. The van der Waals surface area contributed by atoms with Crippen LogP contribution in [0.4, 0.5) is 0 Å². The summed E-state index contributed by atoms with van der Waals surface area (Å²) in [6, 6.07) is 0. The minimum absolute atomic E-state index is 0.372. The summed E-state index contributed by atoms with van der Waals surface area (Å²) >= 11 is 0. The molecule has 0 rings (SSSR count). The molecule has 26 heavy (non-hydrogen) atoms. The summed E-state index contributed by atoms with van der Waals surface area (Å²) in [6.45, 7) is 13.0. The molecule has 0 aliphatic rings. The number of carbonyl (C=O) groups is 1. The summed E-state index contributed by atoms with van der Waals surface area (Å²) < 4.78 is 0. The van der Waals surface area contributed by atoms with Crippen molar-refractivity contribution in [1.29, 1.82) is 0 Å². The zero-order valence-electron chi connectivity index (χ0n) is 18.3. The predicted octanol–water partition coefficient (Wildman–Crippen LogP) is 8.28. The molecule has 0 aliphatic heterocycles. The molecule has 0 amide bonds. The first kappa shape index (κ1) is 24.6. The van der Waals surface area contributed by atoms with Crippen LogP contribution in [0.25, 0.3) is 0 Å². The molecule has 0 unspecified atom stereocenters. The Morgan fingerprint density at radius 3 is 1.62 bits per heavy atom. The third-order valence-corrected chi connectivity index (χ3v) is 4.79. The molecular formula is C25H42O. The maximum absolute atomic E-state index is 11.4. The Balaban J connectivity index is 4.13. The Morgan fingerprint density at radius 2 is 1.12 bits per heavy atom. The third kappa shape index (κ3) is 14.9. The van der Waals surface area contributed by atoms with Gasteiger partial charge in [-0.3, -0.25) is 4.79 Å². The van der Waals surface area contributed by atoms with Gasteiger partial charge in [-0.05, 0) is 79.1 Å². The van der Waals surface area contributed by atoms with E-state index in [-0.39, 0.29) is 0 Å². The predicted molar refractivity (Wildman–Crippen MR) is 118 cm³/mol. The van der Waals surface area contributed by atoms with E-state index in [1.165, 1.54) is 28.7 Å². The van der Waals surface area contributed by atoms with Crippen molar-refractivity contribution in [3.05, 3.63) is 46.6 Å². The lowest BCUT2D eigenvalue weighted by molar-refractivity contribution is -0.118. The van der Waals surface area contributed by atoms with E-state index < -0.39 is 0 Å².